The normalized spacial score (nSPS) is 16.9. The van der Waals surface area contributed by atoms with E-state index in [4.69, 9.17) is 5.11 Å². The lowest BCUT2D eigenvalue weighted by atomic mass is 9.65. The molecule has 5 aromatic carbocycles. The van der Waals surface area contributed by atoms with Gasteiger partial charge in [0.2, 0.25) is 0 Å². The number of carboxylic acid groups (broad SMARTS) is 1. The number of nitrogens with zero attached hydrogens (tertiary/aromatic N) is 5. The third kappa shape index (κ3) is 5.42. The molecule has 0 aliphatic heterocycles. The first-order valence-corrected chi connectivity index (χ1v) is 16.3. The molecule has 1 unspecified atom stereocenters. The van der Waals surface area contributed by atoms with Gasteiger partial charge in [-0.1, -0.05) is 86.6 Å². The summed E-state index contributed by atoms with van der Waals surface area (Å²) in [5.41, 5.74) is 6.72. The summed E-state index contributed by atoms with van der Waals surface area (Å²) in [5.74, 6) is 0.467. The van der Waals surface area contributed by atoms with E-state index in [1.807, 2.05) is 10.7 Å². The molecule has 0 bridgehead atoms. The van der Waals surface area contributed by atoms with Crippen LogP contribution in [0.5, 0.6) is 0 Å². The molecule has 232 valence electrons. The maximum absolute atomic E-state index is 10.6. The van der Waals surface area contributed by atoms with Crippen LogP contribution in [0, 0.1) is 0 Å². The average Bonchev–Trinajstić information content (AvgIpc) is 3.82. The highest BCUT2D eigenvalue weighted by atomic mass is 16.4. The van der Waals surface area contributed by atoms with E-state index in [-0.39, 0.29) is 5.41 Å². The van der Waals surface area contributed by atoms with Crippen molar-refractivity contribution >= 4 is 38.4 Å². The van der Waals surface area contributed by atoms with Gasteiger partial charge in [0.1, 0.15) is 0 Å². The minimum atomic E-state index is -0.911. The molecular weight excluding hydrogens is 582 g/mol. The van der Waals surface area contributed by atoms with E-state index < -0.39 is 5.97 Å². The van der Waals surface area contributed by atoms with Crippen LogP contribution in [0.4, 0.5) is 0 Å². The molecule has 0 spiro atoms. The van der Waals surface area contributed by atoms with E-state index in [1.165, 1.54) is 51.1 Å². The highest BCUT2D eigenvalue weighted by Gasteiger charge is 2.35. The first kappa shape index (κ1) is 29.0. The summed E-state index contributed by atoms with van der Waals surface area (Å²) >= 11 is 0. The van der Waals surface area contributed by atoms with Crippen molar-refractivity contribution in [3.05, 3.63) is 132 Å². The monoisotopic (exact) mass is 617 g/mol. The van der Waals surface area contributed by atoms with E-state index in [2.05, 4.69) is 107 Å². The largest absolute Gasteiger partial charge is 0.478 e. The van der Waals surface area contributed by atoms with Crippen LogP contribution in [0.25, 0.3) is 43.8 Å². The molecular formula is C40H35N5O2. The minimum Gasteiger partial charge on any atom is -0.478 e. The summed E-state index contributed by atoms with van der Waals surface area (Å²) in [5, 5.41) is 27.6. The van der Waals surface area contributed by atoms with Gasteiger partial charge in [-0.05, 0) is 116 Å². The Kier molecular flexibility index (Phi) is 7.05. The van der Waals surface area contributed by atoms with Crippen LogP contribution in [-0.4, -0.2) is 36.3 Å². The van der Waals surface area contributed by atoms with Crippen LogP contribution in [0.3, 0.4) is 0 Å². The van der Waals surface area contributed by atoms with Crippen molar-refractivity contribution < 1.29 is 9.90 Å². The molecule has 7 nitrogen and oxygen atoms in total. The molecule has 2 aliphatic rings. The van der Waals surface area contributed by atoms with Gasteiger partial charge in [0.25, 0.3) is 0 Å². The zero-order valence-corrected chi connectivity index (χ0v) is 26.5. The summed E-state index contributed by atoms with van der Waals surface area (Å²) in [4.78, 5) is 14.7. The number of aromatic carboxylic acids is 1. The highest BCUT2D eigenvalue weighted by Crippen LogP contribution is 2.47. The zero-order chi connectivity index (χ0) is 32.1. The van der Waals surface area contributed by atoms with Crippen LogP contribution in [0.1, 0.15) is 72.1 Å². The standard InChI is InChI=1S/C30H28N4.C10H7NO2/c1-30(2)18-23(20-7-5-8-22(16-20)29-31-32-33-34(29)24-12-13-24)17-21-11-14-26-25-9-4-3-6-19(25)10-15-27(26)28(21)30;12-10(13)8-3-4-9-7(6-8)2-1-5-11-9/h3-11,14-16,23-24H,12-13,17-18H2,1-2H3;1-6H,(H,12,13). The third-order valence-electron chi connectivity index (χ3n) is 9.76. The van der Waals surface area contributed by atoms with Gasteiger partial charge in [-0.3, -0.25) is 4.98 Å². The number of tetrazole rings is 1. The molecule has 2 aliphatic carbocycles. The number of pyridine rings is 1. The molecule has 0 amide bonds. The van der Waals surface area contributed by atoms with Gasteiger partial charge in [0.15, 0.2) is 5.82 Å². The van der Waals surface area contributed by atoms with E-state index in [0.29, 0.717) is 17.5 Å². The lowest BCUT2D eigenvalue weighted by Crippen LogP contribution is -2.29. The molecule has 1 atom stereocenters. The Balaban J connectivity index is 0.000000209. The zero-order valence-electron chi connectivity index (χ0n) is 26.5. The van der Waals surface area contributed by atoms with Crippen molar-refractivity contribution in [3.8, 4) is 11.4 Å². The van der Waals surface area contributed by atoms with Crippen LogP contribution < -0.4 is 0 Å². The second-order valence-electron chi connectivity index (χ2n) is 13.5. The number of rotatable bonds is 4. The van der Waals surface area contributed by atoms with E-state index in [0.717, 1.165) is 35.1 Å². The molecule has 7 aromatic rings. The summed E-state index contributed by atoms with van der Waals surface area (Å²) in [6.45, 7) is 4.84. The maximum atomic E-state index is 10.6. The Morgan fingerprint density at radius 3 is 2.51 bits per heavy atom. The summed E-state index contributed by atoms with van der Waals surface area (Å²) < 4.78 is 2.01. The van der Waals surface area contributed by atoms with Gasteiger partial charge in [0, 0.05) is 17.1 Å². The van der Waals surface area contributed by atoms with Gasteiger partial charge in [-0.25, -0.2) is 9.48 Å². The van der Waals surface area contributed by atoms with E-state index in [1.54, 1.807) is 30.5 Å². The first-order valence-electron chi connectivity index (χ1n) is 16.3. The van der Waals surface area contributed by atoms with Crippen LogP contribution in [-0.2, 0) is 11.8 Å². The number of benzene rings is 5. The number of carboxylic acids is 1. The SMILES string of the molecule is CC1(C)CC(c2cccc(-c3nnnn3C3CC3)c2)Cc2ccc3c(ccc4ccccc43)c21.O=C(O)c1ccc2ncccc2c1. The number of aromatic nitrogens is 5. The summed E-state index contributed by atoms with van der Waals surface area (Å²) in [6.07, 6.45) is 6.23. The van der Waals surface area contributed by atoms with Crippen molar-refractivity contribution in [1.82, 2.24) is 25.2 Å². The predicted octanol–water partition coefficient (Wildman–Crippen LogP) is 8.92. The molecule has 2 aromatic heterocycles. The third-order valence-corrected chi connectivity index (χ3v) is 9.76. The molecule has 7 heteroatoms. The van der Waals surface area contributed by atoms with E-state index >= 15 is 0 Å². The molecule has 47 heavy (non-hydrogen) atoms. The Morgan fingerprint density at radius 2 is 1.66 bits per heavy atom. The number of fused-ring (bicyclic) bond motifs is 6. The van der Waals surface area contributed by atoms with Gasteiger partial charge in [0.05, 0.1) is 17.1 Å². The van der Waals surface area contributed by atoms with Crippen LogP contribution in [0.15, 0.2) is 109 Å². The molecule has 1 saturated carbocycles. The summed E-state index contributed by atoms with van der Waals surface area (Å²) in [6, 6.07) is 36.0. The molecule has 0 saturated heterocycles. The van der Waals surface area contributed by atoms with E-state index in [9.17, 15) is 4.79 Å². The summed E-state index contributed by atoms with van der Waals surface area (Å²) in [7, 11) is 0. The second-order valence-corrected chi connectivity index (χ2v) is 13.5. The Bertz CT molecular complexity index is 2300. The van der Waals surface area contributed by atoms with Crippen molar-refractivity contribution in [2.75, 3.05) is 0 Å². The average molecular weight is 618 g/mol. The van der Waals surface area contributed by atoms with Crippen molar-refractivity contribution in [2.45, 2.75) is 56.9 Å². The Labute approximate surface area is 272 Å². The second kappa shape index (κ2) is 11.4. The van der Waals surface area contributed by atoms with Crippen molar-refractivity contribution in [3.63, 3.8) is 0 Å². The van der Waals surface area contributed by atoms with Crippen LogP contribution in [0.2, 0.25) is 0 Å². The lowest BCUT2D eigenvalue weighted by molar-refractivity contribution is 0.0697. The van der Waals surface area contributed by atoms with Crippen molar-refractivity contribution in [1.29, 1.82) is 0 Å². The molecule has 1 fully saturated rings. The van der Waals surface area contributed by atoms with Gasteiger partial charge < -0.3 is 5.11 Å². The fourth-order valence-electron chi connectivity index (χ4n) is 7.48. The topological polar surface area (TPSA) is 93.8 Å². The molecule has 2 heterocycles. The molecule has 0 radical (unpaired) electrons. The minimum absolute atomic E-state index is 0.0891. The fourth-order valence-corrected chi connectivity index (χ4v) is 7.48. The Morgan fingerprint density at radius 1 is 0.830 bits per heavy atom. The number of hydrogen-bond acceptors (Lipinski definition) is 5. The lowest BCUT2D eigenvalue weighted by Gasteiger charge is -2.39. The fraction of sp³-hybridized carbons (Fsp3) is 0.225. The highest BCUT2D eigenvalue weighted by molar-refractivity contribution is 6.09. The van der Waals surface area contributed by atoms with Crippen molar-refractivity contribution in [2.24, 2.45) is 0 Å². The first-order chi connectivity index (χ1) is 22.9. The van der Waals surface area contributed by atoms with Crippen LogP contribution >= 0.6 is 0 Å². The quantitative estimate of drug-likeness (QED) is 0.198. The molecule has 9 rings (SSSR count). The predicted molar refractivity (Wildman–Crippen MR) is 186 cm³/mol. The Hall–Kier alpha value is -5.43. The smallest absolute Gasteiger partial charge is 0.335 e. The number of carbonyl (C=O) groups is 1. The number of hydrogen-bond donors (Lipinski definition) is 1. The van der Waals surface area contributed by atoms with Gasteiger partial charge >= 0.3 is 5.97 Å². The van der Waals surface area contributed by atoms with Gasteiger partial charge in [-0.2, -0.15) is 0 Å². The molecule has 1 N–H and O–H groups in total. The van der Waals surface area contributed by atoms with Gasteiger partial charge in [-0.15, -0.1) is 5.10 Å². The maximum Gasteiger partial charge on any atom is 0.335 e.